The quantitative estimate of drug-likeness (QED) is 0.121. The molecule has 0 N–H and O–H groups in total. The van der Waals surface area contributed by atoms with E-state index in [2.05, 4.69) is 373 Å². The monoisotopic (exact) mass is 1430 g/mol. The average Bonchev–Trinajstić information content (AvgIpc) is 1.19. The fourth-order valence-corrected chi connectivity index (χ4v) is 18.1. The van der Waals surface area contributed by atoms with Gasteiger partial charge in [0.25, 0.3) is 6.71 Å². The van der Waals surface area contributed by atoms with E-state index in [9.17, 15) is 14.9 Å². The lowest BCUT2D eigenvalue weighted by Crippen LogP contribution is -2.61. The standard InChI is InChI=1S/C106H79BN4/c1-104(2,3)77-55-52-70(53-56-77)75-54-60-96-93(62-75)107-92-58-57-81(109-94-50-28-26-44-86(94)90-61-69(68-108)51-59-95(90)109)67-97(92)111(103-88(73-35-17-9-18-36-73)65-80(105(4,5)6)66-89(103)74-37-19-10-20-38-74)99-64-76(63-98(101(99)107)110(96)102-83(71-31-13-7-14-32-71)46-30-47-84(102)72-33-15-8-16-34-72)82-45-29-48-87-85-43-25-27-49-91(85)106(100(82)87,78-39-21-11-22-40-78)79-41-23-12-24-42-79/h7-67H,1-6H3/i26D,28D,44D,50D,51D,59D,61D. The molecule has 16 aromatic carbocycles. The number of hydrogen-bond donors (Lipinski definition) is 0. The van der Waals surface area contributed by atoms with Crippen LogP contribution in [0.3, 0.4) is 0 Å². The number of benzene rings is 16. The van der Waals surface area contributed by atoms with Gasteiger partial charge >= 0.3 is 0 Å². The van der Waals surface area contributed by atoms with Crippen LogP contribution < -0.4 is 26.2 Å². The second kappa shape index (κ2) is 26.1. The summed E-state index contributed by atoms with van der Waals surface area (Å²) in [7, 11) is 0. The number of para-hydroxylation sites is 2. The molecule has 526 valence electrons. The number of nitriles is 1. The maximum Gasteiger partial charge on any atom is 0.252 e. The normalized spacial score (nSPS) is 14.0. The number of rotatable bonds is 11. The minimum absolute atomic E-state index is 0.0130. The zero-order chi connectivity index (χ0) is 80.9. The molecule has 0 spiro atoms. The minimum atomic E-state index is -0.861. The number of anilines is 6. The lowest BCUT2D eigenvalue weighted by Gasteiger charge is -2.46. The topological polar surface area (TPSA) is 35.2 Å². The van der Waals surface area contributed by atoms with Gasteiger partial charge in [-0.2, -0.15) is 5.26 Å². The van der Waals surface area contributed by atoms with E-state index in [-0.39, 0.29) is 38.2 Å². The molecule has 20 rings (SSSR count). The molecule has 17 aromatic rings. The van der Waals surface area contributed by atoms with Crippen molar-refractivity contribution < 1.29 is 9.60 Å². The third kappa shape index (κ3) is 10.7. The fraction of sp³-hybridized carbons (Fsp3) is 0.0849. The van der Waals surface area contributed by atoms with Gasteiger partial charge in [-0.25, -0.2) is 0 Å². The van der Waals surface area contributed by atoms with Crippen LogP contribution in [0.25, 0.3) is 105 Å². The zero-order valence-corrected chi connectivity index (χ0v) is 62.5. The first-order valence-corrected chi connectivity index (χ1v) is 38.2. The molecule has 5 heteroatoms. The molecular weight excluding hydrogens is 1340 g/mol. The Balaban J connectivity index is 1.02. The zero-order valence-electron chi connectivity index (χ0n) is 69.5. The summed E-state index contributed by atoms with van der Waals surface area (Å²) in [4.78, 5) is 5.06. The van der Waals surface area contributed by atoms with E-state index in [1.54, 1.807) is 4.57 Å². The van der Waals surface area contributed by atoms with Gasteiger partial charge in [-0.15, -0.1) is 0 Å². The van der Waals surface area contributed by atoms with Gasteiger partial charge in [0, 0.05) is 61.5 Å². The summed E-state index contributed by atoms with van der Waals surface area (Å²) in [5, 5.41) is 10.7. The molecule has 3 aliphatic rings. The van der Waals surface area contributed by atoms with Gasteiger partial charge in [-0.3, -0.25) is 0 Å². The highest BCUT2D eigenvalue weighted by Gasteiger charge is 2.50. The fourth-order valence-electron chi connectivity index (χ4n) is 18.1. The largest absolute Gasteiger partial charge is 0.310 e. The third-order valence-corrected chi connectivity index (χ3v) is 23.2. The molecule has 3 heterocycles. The second-order valence-corrected chi connectivity index (χ2v) is 31.6. The summed E-state index contributed by atoms with van der Waals surface area (Å²) in [5.74, 6) is 0. The summed E-state index contributed by atoms with van der Waals surface area (Å²) in [6.07, 6.45) is 0. The molecule has 111 heavy (non-hydrogen) atoms. The van der Waals surface area contributed by atoms with Crippen LogP contribution in [0.1, 0.15) is 90.1 Å². The molecule has 1 aromatic heterocycles. The molecule has 0 unspecified atom stereocenters. The van der Waals surface area contributed by atoms with Gasteiger partial charge in [0.1, 0.15) is 0 Å². The molecule has 4 nitrogen and oxygen atoms in total. The Hall–Kier alpha value is -13.5. The molecule has 2 aliphatic heterocycles. The van der Waals surface area contributed by atoms with E-state index >= 15 is 0 Å². The van der Waals surface area contributed by atoms with E-state index in [1.165, 1.54) is 11.1 Å². The van der Waals surface area contributed by atoms with Crippen LogP contribution in [0, 0.1) is 11.3 Å². The van der Waals surface area contributed by atoms with Crippen LogP contribution in [-0.4, -0.2) is 11.3 Å². The van der Waals surface area contributed by atoms with Crippen LogP contribution in [-0.2, 0) is 16.2 Å². The van der Waals surface area contributed by atoms with Crippen molar-refractivity contribution in [3.8, 4) is 89.6 Å². The van der Waals surface area contributed by atoms with Gasteiger partial charge in [-0.05, 0) is 183 Å². The SMILES string of the molecule is [2H]c1c([2H])c([2H])c2c(c1[2H])c1c([2H])c(C#N)c([2H])c([2H])c1n2-c1ccc2c(c1)N(c1c(-c3ccccc3)cc(C(C)(C)C)cc1-c1ccccc1)c1cc(-c3cccc4c3C(c3ccccc3)(c3ccccc3)c3ccccc3-4)cc3c1B2c1cc(-c2ccc(C(C)(C)C)cc2)ccc1N3c1c(-c2ccccc2)cccc1-c1ccccc1. The molecule has 0 bridgehead atoms. The van der Waals surface area contributed by atoms with Crippen molar-refractivity contribution in [2.45, 2.75) is 57.8 Å². The smallest absolute Gasteiger partial charge is 0.252 e. The van der Waals surface area contributed by atoms with Crippen molar-refractivity contribution in [2.75, 3.05) is 9.80 Å². The third-order valence-electron chi connectivity index (χ3n) is 23.2. The molecule has 0 fully saturated rings. The van der Waals surface area contributed by atoms with Crippen molar-refractivity contribution in [3.05, 3.63) is 409 Å². The molecular formula is C106H79BN4. The summed E-state index contributed by atoms with van der Waals surface area (Å²) in [5.41, 5.74) is 28.1. The average molecular weight is 1430 g/mol. The summed E-state index contributed by atoms with van der Waals surface area (Å²) in [6, 6.07) is 118. The highest BCUT2D eigenvalue weighted by atomic mass is 15.2. The summed E-state index contributed by atoms with van der Waals surface area (Å²) in [6.45, 7) is 13.0. The first kappa shape index (κ1) is 59.5. The number of fused-ring (bicyclic) bond motifs is 10. The van der Waals surface area contributed by atoms with Gasteiger partial charge in [0.05, 0.1) is 49.1 Å². The minimum Gasteiger partial charge on any atom is -0.310 e. The molecule has 0 radical (unpaired) electrons. The highest BCUT2D eigenvalue weighted by Crippen LogP contribution is 2.61. The number of aromatic nitrogens is 1. The Morgan fingerprint density at radius 3 is 1.41 bits per heavy atom. The van der Waals surface area contributed by atoms with Crippen LogP contribution in [0.2, 0.25) is 0 Å². The predicted molar refractivity (Wildman–Crippen MR) is 467 cm³/mol. The van der Waals surface area contributed by atoms with Crippen LogP contribution >= 0.6 is 0 Å². The molecule has 0 amide bonds. The van der Waals surface area contributed by atoms with E-state index in [1.807, 2.05) is 12.1 Å². The lowest BCUT2D eigenvalue weighted by atomic mass is 9.33. The Labute approximate surface area is 660 Å². The van der Waals surface area contributed by atoms with Crippen molar-refractivity contribution in [1.29, 1.82) is 5.26 Å². The number of hydrogen-bond acceptors (Lipinski definition) is 3. The van der Waals surface area contributed by atoms with Crippen molar-refractivity contribution in [3.63, 3.8) is 0 Å². The van der Waals surface area contributed by atoms with Gasteiger partial charge < -0.3 is 14.4 Å². The Kier molecular flexibility index (Phi) is 14.0. The van der Waals surface area contributed by atoms with Crippen LogP contribution in [0.15, 0.2) is 370 Å². The van der Waals surface area contributed by atoms with E-state index < -0.39 is 54.4 Å². The molecule has 0 saturated carbocycles. The molecule has 0 saturated heterocycles. The molecule has 1 aliphatic carbocycles. The lowest BCUT2D eigenvalue weighted by molar-refractivity contribution is 0.590. The Bertz CT molecular complexity index is 6880. The van der Waals surface area contributed by atoms with Crippen LogP contribution in [0.4, 0.5) is 34.1 Å². The molecule has 0 atom stereocenters. The highest BCUT2D eigenvalue weighted by molar-refractivity contribution is 7.00. The van der Waals surface area contributed by atoms with Gasteiger partial charge in [0.2, 0.25) is 0 Å². The van der Waals surface area contributed by atoms with Gasteiger partial charge in [-0.1, -0.05) is 345 Å². The summed E-state index contributed by atoms with van der Waals surface area (Å²) >= 11 is 0. The van der Waals surface area contributed by atoms with Gasteiger partial charge in [0.15, 0.2) is 0 Å². The first-order valence-electron chi connectivity index (χ1n) is 41.7. The Morgan fingerprint density at radius 2 is 0.838 bits per heavy atom. The van der Waals surface area contributed by atoms with E-state index in [4.69, 9.17) is 0 Å². The second-order valence-electron chi connectivity index (χ2n) is 31.6. The maximum absolute atomic E-state index is 10.8. The Morgan fingerprint density at radius 1 is 0.351 bits per heavy atom. The predicted octanol–water partition coefficient (Wildman–Crippen LogP) is 25.7. The number of nitrogens with zero attached hydrogens (tertiary/aromatic N) is 4. The maximum atomic E-state index is 10.8. The van der Waals surface area contributed by atoms with Crippen molar-refractivity contribution in [2.24, 2.45) is 0 Å². The van der Waals surface area contributed by atoms with E-state index in [0.29, 0.717) is 5.69 Å². The van der Waals surface area contributed by atoms with Crippen LogP contribution in [0.5, 0.6) is 0 Å². The van der Waals surface area contributed by atoms with Crippen molar-refractivity contribution in [1.82, 2.24) is 4.57 Å². The summed E-state index contributed by atoms with van der Waals surface area (Å²) < 4.78 is 69.6. The first-order chi connectivity index (χ1) is 57.2. The van der Waals surface area contributed by atoms with E-state index in [0.717, 1.165) is 151 Å². The van der Waals surface area contributed by atoms with Crippen molar-refractivity contribution >= 4 is 79.0 Å².